The first-order valence-corrected chi connectivity index (χ1v) is 28.7. The van der Waals surface area contributed by atoms with Crippen LogP contribution in [-0.4, -0.2) is 108 Å². The van der Waals surface area contributed by atoms with E-state index in [0.717, 1.165) is 64.2 Å². The number of carbonyl (C=O) groups excluding carboxylic acids is 1. The molecule has 0 aromatic heterocycles. The number of phosphoric ester groups is 1. The van der Waals surface area contributed by atoms with Gasteiger partial charge in [0.2, 0.25) is 5.91 Å². The highest BCUT2D eigenvalue weighted by Crippen LogP contribution is 2.47. The molecule has 0 aromatic carbocycles. The quantitative estimate of drug-likeness (QED) is 0.0158. The normalized spacial score (nSPS) is 22.4. The Morgan fingerprint density at radius 2 is 0.868 bits per heavy atom. The Labute approximate surface area is 412 Å². The molecule has 14 heteroatoms. The smallest absolute Gasteiger partial charge is 0.393 e. The summed E-state index contributed by atoms with van der Waals surface area (Å²) in [5, 5.41) is 74.7. The second kappa shape index (κ2) is 42.9. The fraction of sp³-hybridized carbons (Fsp3) is 0.833. The summed E-state index contributed by atoms with van der Waals surface area (Å²) in [6.45, 7) is 3.75. The second-order valence-corrected chi connectivity index (χ2v) is 20.6. The average molecular weight is 986 g/mol. The van der Waals surface area contributed by atoms with Gasteiger partial charge < -0.3 is 46.0 Å². The lowest BCUT2D eigenvalue weighted by Gasteiger charge is -2.41. The Morgan fingerprint density at radius 1 is 0.515 bits per heavy atom. The number of aliphatic hydroxyl groups is 7. The fourth-order valence-corrected chi connectivity index (χ4v) is 9.41. The third-order valence-corrected chi connectivity index (χ3v) is 13.8. The zero-order valence-electron chi connectivity index (χ0n) is 42.5. The maximum absolute atomic E-state index is 13.1. The minimum atomic E-state index is -5.16. The van der Waals surface area contributed by atoms with Crippen LogP contribution in [0.5, 0.6) is 0 Å². The van der Waals surface area contributed by atoms with Crippen molar-refractivity contribution in [2.24, 2.45) is 0 Å². The largest absolute Gasteiger partial charge is 0.472 e. The van der Waals surface area contributed by atoms with Crippen LogP contribution in [0.25, 0.3) is 0 Å². The lowest BCUT2D eigenvalue weighted by atomic mass is 9.85. The highest BCUT2D eigenvalue weighted by molar-refractivity contribution is 7.47. The summed E-state index contributed by atoms with van der Waals surface area (Å²) in [6.07, 6.45) is 39.1. The molecular formula is C54H100NO12P. The lowest BCUT2D eigenvalue weighted by molar-refractivity contribution is -0.220. The number of unbranched alkanes of at least 4 members (excludes halogenated alkanes) is 26. The zero-order chi connectivity index (χ0) is 50.1. The van der Waals surface area contributed by atoms with Gasteiger partial charge in [0, 0.05) is 0 Å². The molecule has 0 aromatic rings. The summed E-state index contributed by atoms with van der Waals surface area (Å²) in [5.74, 6) is -0.611. The van der Waals surface area contributed by atoms with Gasteiger partial charge in [-0.15, -0.1) is 0 Å². The first kappa shape index (κ1) is 64.3. The van der Waals surface area contributed by atoms with E-state index in [2.05, 4.69) is 55.6 Å². The maximum atomic E-state index is 13.1. The number of rotatable bonds is 45. The number of aliphatic hydroxyl groups excluding tert-OH is 7. The molecule has 1 fully saturated rings. The van der Waals surface area contributed by atoms with Crippen LogP contribution in [0.2, 0.25) is 0 Å². The van der Waals surface area contributed by atoms with Gasteiger partial charge in [-0.1, -0.05) is 197 Å². The summed E-state index contributed by atoms with van der Waals surface area (Å²) < 4.78 is 22.9. The number of allylic oxidation sites excluding steroid dienone is 7. The number of carbonyl (C=O) groups is 1. The second-order valence-electron chi connectivity index (χ2n) is 19.2. The topological polar surface area (TPSA) is 226 Å². The molecule has 8 unspecified atom stereocenters. The van der Waals surface area contributed by atoms with Gasteiger partial charge in [-0.25, -0.2) is 4.57 Å². The van der Waals surface area contributed by atoms with Gasteiger partial charge >= 0.3 is 7.82 Å². The molecule has 0 saturated heterocycles. The number of hydrogen-bond acceptors (Lipinski definition) is 11. The fourth-order valence-electron chi connectivity index (χ4n) is 8.44. The molecule has 0 spiro atoms. The van der Waals surface area contributed by atoms with Crippen LogP contribution in [0.1, 0.15) is 226 Å². The third-order valence-electron chi connectivity index (χ3n) is 12.9. The van der Waals surface area contributed by atoms with E-state index in [0.29, 0.717) is 19.3 Å². The van der Waals surface area contributed by atoms with E-state index in [1.807, 2.05) is 0 Å². The van der Waals surface area contributed by atoms with Crippen LogP contribution >= 0.6 is 7.82 Å². The van der Waals surface area contributed by atoms with Crippen molar-refractivity contribution in [1.29, 1.82) is 0 Å². The van der Waals surface area contributed by atoms with Crippen molar-refractivity contribution >= 4 is 13.7 Å². The predicted octanol–water partition coefficient (Wildman–Crippen LogP) is 10.7. The maximum Gasteiger partial charge on any atom is 0.472 e. The minimum absolute atomic E-state index is 0.262. The van der Waals surface area contributed by atoms with Gasteiger partial charge in [0.25, 0.3) is 0 Å². The van der Waals surface area contributed by atoms with Crippen molar-refractivity contribution in [2.45, 2.75) is 281 Å². The molecular weight excluding hydrogens is 886 g/mol. The molecule has 9 N–H and O–H groups in total. The average Bonchev–Trinajstić information content (AvgIpc) is 3.31. The molecule has 0 bridgehead atoms. The highest BCUT2D eigenvalue weighted by Gasteiger charge is 2.51. The van der Waals surface area contributed by atoms with Gasteiger partial charge in [-0.05, 0) is 70.6 Å². The Kier molecular flexibility index (Phi) is 40.5. The van der Waals surface area contributed by atoms with Crippen LogP contribution in [0, 0.1) is 0 Å². The summed E-state index contributed by atoms with van der Waals surface area (Å²) >= 11 is 0. The SMILES string of the molecule is CCCCCCCCCCC/C=C\CCCCCCCC(O)CC(=O)NC(COP(=O)(O)OC1C(O)C(O)C(O)C(O)C1O)C(O)/C=C/CC/C=C/CC/C=C/CCCCCCCCCCCC. The number of phosphoric acid groups is 1. The van der Waals surface area contributed by atoms with Gasteiger partial charge in [0.05, 0.1) is 31.3 Å². The Bertz CT molecular complexity index is 1350. The van der Waals surface area contributed by atoms with E-state index in [-0.39, 0.29) is 6.42 Å². The zero-order valence-corrected chi connectivity index (χ0v) is 43.4. The molecule has 1 saturated carbocycles. The molecule has 13 nitrogen and oxygen atoms in total. The summed E-state index contributed by atoms with van der Waals surface area (Å²) in [4.78, 5) is 23.5. The first-order chi connectivity index (χ1) is 32.8. The molecule has 0 heterocycles. The lowest BCUT2D eigenvalue weighted by Crippen LogP contribution is -2.64. The van der Waals surface area contributed by atoms with E-state index in [4.69, 9.17) is 9.05 Å². The van der Waals surface area contributed by atoms with Crippen LogP contribution < -0.4 is 5.32 Å². The van der Waals surface area contributed by atoms with Gasteiger partial charge in [0.15, 0.2) is 0 Å². The Hall–Kier alpha value is -1.74. The van der Waals surface area contributed by atoms with E-state index in [1.165, 1.54) is 128 Å². The number of hydrogen-bond donors (Lipinski definition) is 9. The first-order valence-electron chi connectivity index (χ1n) is 27.2. The van der Waals surface area contributed by atoms with Crippen LogP contribution in [-0.2, 0) is 18.4 Å². The summed E-state index contributed by atoms with van der Waals surface area (Å²) in [7, 11) is -5.16. The molecule has 1 rings (SSSR count). The molecule has 398 valence electrons. The summed E-state index contributed by atoms with van der Waals surface area (Å²) in [5.41, 5.74) is 0. The van der Waals surface area contributed by atoms with Gasteiger partial charge in [0.1, 0.15) is 36.6 Å². The van der Waals surface area contributed by atoms with Crippen LogP contribution in [0.3, 0.4) is 0 Å². The van der Waals surface area contributed by atoms with Crippen molar-refractivity contribution in [3.8, 4) is 0 Å². The Balaban J connectivity index is 2.51. The number of amides is 1. The van der Waals surface area contributed by atoms with E-state index in [1.54, 1.807) is 6.08 Å². The minimum Gasteiger partial charge on any atom is -0.393 e. The monoisotopic (exact) mass is 986 g/mol. The molecule has 0 radical (unpaired) electrons. The standard InChI is InChI=1S/C54H100NO12P/c1-3-5-7-9-11-13-15-17-19-21-23-24-26-28-30-32-34-36-38-40-42-47(57)46(44-66-68(64,65)67-54-52(62)50(60)49(59)51(61)53(54)63)55-48(58)43-45(56)41-39-37-35-33-31-29-27-25-22-20-18-16-14-12-10-8-6-4-2/h24-27,32,34,40,42,45-47,49-54,56-57,59-63H,3-23,28-31,33,35-39,41,43-44H2,1-2H3,(H,55,58)(H,64,65)/b26-24+,27-25-,34-32+,42-40+. The molecule has 1 aliphatic carbocycles. The molecule has 0 aliphatic heterocycles. The molecule has 1 aliphatic rings. The van der Waals surface area contributed by atoms with E-state index in [9.17, 15) is 50.0 Å². The molecule has 8 atom stereocenters. The molecule has 68 heavy (non-hydrogen) atoms. The van der Waals surface area contributed by atoms with Crippen molar-refractivity contribution < 1.29 is 59.0 Å². The third kappa shape index (κ3) is 33.8. The van der Waals surface area contributed by atoms with E-state index < -0.39 is 75.2 Å². The predicted molar refractivity (Wildman–Crippen MR) is 275 cm³/mol. The number of nitrogens with one attached hydrogen (secondary N) is 1. The van der Waals surface area contributed by atoms with Crippen molar-refractivity contribution in [1.82, 2.24) is 5.32 Å². The van der Waals surface area contributed by atoms with Gasteiger partial charge in [-0.3, -0.25) is 13.8 Å². The van der Waals surface area contributed by atoms with Crippen LogP contribution in [0.15, 0.2) is 48.6 Å². The highest BCUT2D eigenvalue weighted by atomic mass is 31.2. The van der Waals surface area contributed by atoms with Gasteiger partial charge in [-0.2, -0.15) is 0 Å². The van der Waals surface area contributed by atoms with Crippen LogP contribution in [0.4, 0.5) is 0 Å². The summed E-state index contributed by atoms with van der Waals surface area (Å²) in [6, 6.07) is -1.27. The van der Waals surface area contributed by atoms with Crippen molar-refractivity contribution in [3.05, 3.63) is 48.6 Å². The van der Waals surface area contributed by atoms with Crippen molar-refractivity contribution in [3.63, 3.8) is 0 Å². The molecule has 1 amide bonds. The van der Waals surface area contributed by atoms with Crippen molar-refractivity contribution in [2.75, 3.05) is 6.61 Å². The Morgan fingerprint density at radius 3 is 1.29 bits per heavy atom. The van der Waals surface area contributed by atoms with E-state index >= 15 is 0 Å².